The zero-order valence-corrected chi connectivity index (χ0v) is 13.9. The van der Waals surface area contributed by atoms with Crippen LogP contribution in [0.1, 0.15) is 18.9 Å². The fourth-order valence-electron chi connectivity index (χ4n) is 2.71. The quantitative estimate of drug-likeness (QED) is 0.434. The molecule has 0 aliphatic heterocycles. The predicted molar refractivity (Wildman–Crippen MR) is 95.9 cm³/mol. The molecule has 2 heterocycles. The van der Waals surface area contributed by atoms with Crippen LogP contribution >= 0.6 is 0 Å². The van der Waals surface area contributed by atoms with Crippen LogP contribution in [0.4, 0.5) is 0 Å². The minimum absolute atomic E-state index is 0.0183. The summed E-state index contributed by atoms with van der Waals surface area (Å²) in [5.74, 6) is -0.603. The van der Waals surface area contributed by atoms with Crippen molar-refractivity contribution < 1.29 is 9.21 Å². The van der Waals surface area contributed by atoms with Gasteiger partial charge in [-0.15, -0.1) is 0 Å². The number of carbonyl (C=O) groups is 1. The van der Waals surface area contributed by atoms with Crippen molar-refractivity contribution in [2.24, 2.45) is 5.10 Å². The Balaban J connectivity index is 2.20. The standard InChI is InChI=1S/C18H14N4O4/c1-2-22-13-6-4-3-5-12(13)17-15(18(22)25)16(24)11(10-26-17)9-20-21-14(23)7-8-19/h3-6,9-10H,2,7H2,1H3,(H,21,23)/b20-9+. The van der Waals surface area contributed by atoms with Gasteiger partial charge >= 0.3 is 0 Å². The van der Waals surface area contributed by atoms with Gasteiger partial charge in [-0.3, -0.25) is 14.4 Å². The summed E-state index contributed by atoms with van der Waals surface area (Å²) in [6.45, 7) is 2.22. The summed E-state index contributed by atoms with van der Waals surface area (Å²) in [5, 5.41) is 12.6. The van der Waals surface area contributed by atoms with Crippen molar-refractivity contribution in [2.45, 2.75) is 19.9 Å². The van der Waals surface area contributed by atoms with Crippen LogP contribution in [0, 0.1) is 11.3 Å². The predicted octanol–water partition coefficient (Wildman–Crippen LogP) is 1.49. The fraction of sp³-hybridized carbons (Fsp3) is 0.167. The molecule has 0 bridgehead atoms. The highest BCUT2D eigenvalue weighted by molar-refractivity contribution is 6.02. The molecule has 0 fully saturated rings. The number of pyridine rings is 1. The van der Waals surface area contributed by atoms with Crippen molar-refractivity contribution in [1.82, 2.24) is 9.99 Å². The second-order valence-corrected chi connectivity index (χ2v) is 5.42. The highest BCUT2D eigenvalue weighted by atomic mass is 16.3. The summed E-state index contributed by atoms with van der Waals surface area (Å²) in [6.07, 6.45) is 1.93. The summed E-state index contributed by atoms with van der Waals surface area (Å²) in [4.78, 5) is 36.7. The molecule has 8 heteroatoms. The van der Waals surface area contributed by atoms with Crippen LogP contribution in [0.3, 0.4) is 0 Å². The van der Waals surface area contributed by atoms with Gasteiger partial charge < -0.3 is 8.98 Å². The first-order valence-electron chi connectivity index (χ1n) is 7.84. The molecule has 26 heavy (non-hydrogen) atoms. The van der Waals surface area contributed by atoms with E-state index < -0.39 is 16.9 Å². The van der Waals surface area contributed by atoms with Gasteiger partial charge in [0.2, 0.25) is 5.43 Å². The number of aromatic nitrogens is 1. The van der Waals surface area contributed by atoms with Crippen LogP contribution in [0.15, 0.2) is 49.6 Å². The first kappa shape index (κ1) is 17.1. The molecule has 0 saturated heterocycles. The van der Waals surface area contributed by atoms with Crippen molar-refractivity contribution in [1.29, 1.82) is 5.26 Å². The fourth-order valence-corrected chi connectivity index (χ4v) is 2.71. The zero-order chi connectivity index (χ0) is 18.7. The number of hydrazone groups is 1. The lowest BCUT2D eigenvalue weighted by Crippen LogP contribution is -2.26. The first-order valence-corrected chi connectivity index (χ1v) is 7.84. The van der Waals surface area contributed by atoms with Gasteiger partial charge in [0.25, 0.3) is 11.5 Å². The van der Waals surface area contributed by atoms with E-state index >= 15 is 0 Å². The van der Waals surface area contributed by atoms with Gasteiger partial charge in [-0.25, -0.2) is 5.43 Å². The van der Waals surface area contributed by atoms with Gasteiger partial charge in [-0.2, -0.15) is 10.4 Å². The Kier molecular flexibility index (Phi) is 4.62. The molecule has 2 aromatic heterocycles. The zero-order valence-electron chi connectivity index (χ0n) is 13.9. The molecule has 0 aliphatic rings. The van der Waals surface area contributed by atoms with Crippen molar-refractivity contribution in [3.8, 4) is 6.07 Å². The molecule has 0 aliphatic carbocycles. The van der Waals surface area contributed by atoms with E-state index in [2.05, 4.69) is 10.5 Å². The molecule has 3 aromatic rings. The van der Waals surface area contributed by atoms with Gasteiger partial charge in [0.15, 0.2) is 5.58 Å². The van der Waals surface area contributed by atoms with Crippen molar-refractivity contribution >= 4 is 34.0 Å². The minimum atomic E-state index is -0.603. The summed E-state index contributed by atoms with van der Waals surface area (Å²) in [6, 6.07) is 8.86. The maximum atomic E-state index is 12.8. The van der Waals surface area contributed by atoms with E-state index in [4.69, 9.17) is 9.68 Å². The summed E-state index contributed by atoms with van der Waals surface area (Å²) in [7, 11) is 0. The van der Waals surface area contributed by atoms with Crippen LogP contribution in [0.2, 0.25) is 0 Å². The Morgan fingerprint density at radius 2 is 2.15 bits per heavy atom. The highest BCUT2D eigenvalue weighted by Crippen LogP contribution is 2.21. The molecule has 0 atom stereocenters. The van der Waals surface area contributed by atoms with Crippen LogP contribution in [0.25, 0.3) is 21.9 Å². The Morgan fingerprint density at radius 3 is 2.88 bits per heavy atom. The smallest absolute Gasteiger partial charge is 0.266 e. The van der Waals surface area contributed by atoms with Gasteiger partial charge in [0.05, 0.1) is 23.4 Å². The summed E-state index contributed by atoms with van der Waals surface area (Å²) < 4.78 is 7.06. The van der Waals surface area contributed by atoms with E-state index in [1.165, 1.54) is 10.8 Å². The average Bonchev–Trinajstić information content (AvgIpc) is 2.64. The number of aryl methyl sites for hydroxylation is 1. The molecular weight excluding hydrogens is 336 g/mol. The normalized spacial score (nSPS) is 11.1. The lowest BCUT2D eigenvalue weighted by molar-refractivity contribution is -0.120. The number of amides is 1. The molecule has 8 nitrogen and oxygen atoms in total. The third-order valence-electron chi connectivity index (χ3n) is 3.87. The Morgan fingerprint density at radius 1 is 1.38 bits per heavy atom. The van der Waals surface area contributed by atoms with Crippen molar-refractivity contribution in [3.05, 3.63) is 56.7 Å². The van der Waals surface area contributed by atoms with E-state index in [9.17, 15) is 14.4 Å². The number of rotatable bonds is 4. The second kappa shape index (κ2) is 7.03. The van der Waals surface area contributed by atoms with Gasteiger partial charge in [0.1, 0.15) is 18.1 Å². The second-order valence-electron chi connectivity index (χ2n) is 5.42. The van der Waals surface area contributed by atoms with E-state index in [0.717, 1.165) is 6.21 Å². The number of benzene rings is 1. The van der Waals surface area contributed by atoms with Crippen LogP contribution in [0.5, 0.6) is 0 Å². The van der Waals surface area contributed by atoms with Crippen LogP contribution in [-0.2, 0) is 11.3 Å². The maximum absolute atomic E-state index is 12.8. The van der Waals surface area contributed by atoms with E-state index in [1.54, 1.807) is 24.3 Å². The maximum Gasteiger partial charge on any atom is 0.266 e. The van der Waals surface area contributed by atoms with Crippen molar-refractivity contribution in [2.75, 3.05) is 0 Å². The molecule has 3 rings (SSSR count). The monoisotopic (exact) mass is 350 g/mol. The molecule has 130 valence electrons. The molecule has 0 unspecified atom stereocenters. The topological polar surface area (TPSA) is 117 Å². The molecular formula is C18H14N4O4. The summed E-state index contributed by atoms with van der Waals surface area (Å²) >= 11 is 0. The molecule has 1 N–H and O–H groups in total. The molecule has 1 amide bonds. The van der Waals surface area contributed by atoms with E-state index in [0.29, 0.717) is 17.4 Å². The summed E-state index contributed by atoms with van der Waals surface area (Å²) in [5.41, 5.74) is 2.05. The number of nitrogens with zero attached hydrogens (tertiary/aromatic N) is 3. The minimum Gasteiger partial charge on any atom is -0.462 e. The lowest BCUT2D eigenvalue weighted by Gasteiger charge is -2.10. The Bertz CT molecular complexity index is 1200. The number of hydrogen-bond donors (Lipinski definition) is 1. The van der Waals surface area contributed by atoms with Gasteiger partial charge in [-0.1, -0.05) is 12.1 Å². The van der Waals surface area contributed by atoms with Gasteiger partial charge in [0, 0.05) is 11.9 Å². The molecule has 0 radical (unpaired) electrons. The number of fused-ring (bicyclic) bond motifs is 3. The number of hydrogen-bond acceptors (Lipinski definition) is 6. The number of nitrogens with one attached hydrogen (secondary N) is 1. The number of carbonyl (C=O) groups excluding carboxylic acids is 1. The molecule has 0 spiro atoms. The van der Waals surface area contributed by atoms with E-state index in [1.807, 2.05) is 13.0 Å². The third kappa shape index (κ3) is 2.86. The number of nitriles is 1. The lowest BCUT2D eigenvalue weighted by atomic mass is 10.1. The molecule has 0 saturated carbocycles. The SMILES string of the molecule is CCn1c(=O)c2c(=O)c(/C=N/NC(=O)CC#N)coc2c2ccccc21. The number of para-hydroxylation sites is 1. The van der Waals surface area contributed by atoms with Crippen LogP contribution < -0.4 is 16.4 Å². The van der Waals surface area contributed by atoms with Gasteiger partial charge in [-0.05, 0) is 19.1 Å². The average molecular weight is 350 g/mol. The van der Waals surface area contributed by atoms with Crippen molar-refractivity contribution in [3.63, 3.8) is 0 Å². The Hall–Kier alpha value is -3.73. The largest absolute Gasteiger partial charge is 0.462 e. The highest BCUT2D eigenvalue weighted by Gasteiger charge is 2.16. The first-order chi connectivity index (χ1) is 12.6. The third-order valence-corrected chi connectivity index (χ3v) is 3.87. The van der Waals surface area contributed by atoms with Crippen LogP contribution in [-0.4, -0.2) is 16.7 Å². The van der Waals surface area contributed by atoms with E-state index in [-0.39, 0.29) is 23.0 Å². The molecule has 1 aromatic carbocycles. The Labute approximate surface area is 147 Å².